The highest BCUT2D eigenvalue weighted by Gasteiger charge is 2.17. The van der Waals surface area contributed by atoms with Crippen LogP contribution in [0.2, 0.25) is 0 Å². The van der Waals surface area contributed by atoms with E-state index < -0.39 is 0 Å². The predicted molar refractivity (Wildman–Crippen MR) is 118 cm³/mol. The Morgan fingerprint density at radius 2 is 1.93 bits per heavy atom. The highest BCUT2D eigenvalue weighted by atomic mass is 32.2. The number of aromatic nitrogens is 3. The van der Waals surface area contributed by atoms with Gasteiger partial charge in [-0.05, 0) is 37.1 Å². The molecule has 2 aromatic heterocycles. The molecule has 4 rings (SSSR count). The molecule has 1 aromatic carbocycles. The van der Waals surface area contributed by atoms with Gasteiger partial charge in [0.05, 0.1) is 12.9 Å². The molecule has 1 aliphatic rings. The van der Waals surface area contributed by atoms with Gasteiger partial charge < -0.3 is 15.0 Å². The van der Waals surface area contributed by atoms with Crippen LogP contribution in [0.3, 0.4) is 0 Å². The highest BCUT2D eigenvalue weighted by Crippen LogP contribution is 2.34. The molecule has 1 saturated heterocycles. The first kappa shape index (κ1) is 19.9. The number of thiazole rings is 1. The van der Waals surface area contributed by atoms with Gasteiger partial charge in [-0.3, -0.25) is 4.79 Å². The molecule has 0 radical (unpaired) electrons. The maximum Gasteiger partial charge on any atom is 0.234 e. The number of carbonyl (C=O) groups excluding carboxylic acids is 1. The van der Waals surface area contributed by atoms with Gasteiger partial charge in [-0.15, -0.1) is 0 Å². The number of amides is 1. The Kier molecular flexibility index (Phi) is 6.46. The summed E-state index contributed by atoms with van der Waals surface area (Å²) in [5.74, 6) is 0.949. The summed E-state index contributed by atoms with van der Waals surface area (Å²) in [6, 6.07) is 7.28. The van der Waals surface area contributed by atoms with Gasteiger partial charge in [0.2, 0.25) is 5.91 Å². The van der Waals surface area contributed by atoms with E-state index in [9.17, 15) is 4.79 Å². The Labute approximate surface area is 177 Å². The Bertz CT molecular complexity index is 969. The summed E-state index contributed by atoms with van der Waals surface area (Å²) < 4.78 is 6.09. The zero-order valence-corrected chi connectivity index (χ0v) is 17.9. The quantitative estimate of drug-likeness (QED) is 0.464. The van der Waals surface area contributed by atoms with Crippen molar-refractivity contribution in [3.05, 3.63) is 30.6 Å². The molecule has 152 valence electrons. The van der Waals surface area contributed by atoms with E-state index in [4.69, 9.17) is 9.72 Å². The molecule has 1 N–H and O–H groups in total. The van der Waals surface area contributed by atoms with Crippen molar-refractivity contribution < 1.29 is 9.53 Å². The molecular weight excluding hydrogens is 406 g/mol. The van der Waals surface area contributed by atoms with E-state index in [0.717, 1.165) is 39.4 Å². The molecule has 9 heteroatoms. The van der Waals surface area contributed by atoms with Crippen molar-refractivity contribution in [3.63, 3.8) is 0 Å². The lowest BCUT2D eigenvalue weighted by Crippen LogP contribution is -2.23. The van der Waals surface area contributed by atoms with E-state index in [1.165, 1.54) is 43.8 Å². The van der Waals surface area contributed by atoms with Gasteiger partial charge in [0.25, 0.3) is 0 Å². The number of methoxy groups -OCH3 is 1. The Morgan fingerprint density at radius 1 is 1.17 bits per heavy atom. The maximum absolute atomic E-state index is 12.3. The van der Waals surface area contributed by atoms with Crippen LogP contribution >= 0.6 is 23.1 Å². The molecule has 1 fully saturated rings. The number of ether oxygens (including phenoxy) is 1. The minimum Gasteiger partial charge on any atom is -0.497 e. The van der Waals surface area contributed by atoms with E-state index in [1.807, 2.05) is 24.3 Å². The van der Waals surface area contributed by atoms with Crippen molar-refractivity contribution in [2.24, 2.45) is 0 Å². The van der Waals surface area contributed by atoms with Crippen molar-refractivity contribution in [3.8, 4) is 5.75 Å². The molecule has 0 atom stereocenters. The number of nitrogens with one attached hydrogen (secondary N) is 1. The maximum atomic E-state index is 12.3. The zero-order valence-electron chi connectivity index (χ0n) is 16.3. The van der Waals surface area contributed by atoms with Crippen LogP contribution in [0.4, 0.5) is 10.8 Å². The first-order valence-corrected chi connectivity index (χ1v) is 11.5. The lowest BCUT2D eigenvalue weighted by molar-refractivity contribution is -0.113. The second-order valence-electron chi connectivity index (χ2n) is 6.79. The largest absolute Gasteiger partial charge is 0.497 e. The summed E-state index contributed by atoms with van der Waals surface area (Å²) in [6.45, 7) is 2.08. The van der Waals surface area contributed by atoms with Gasteiger partial charge in [0.15, 0.2) is 10.8 Å². The third-order valence-corrected chi connectivity index (χ3v) is 6.97. The second-order valence-corrected chi connectivity index (χ2v) is 8.74. The van der Waals surface area contributed by atoms with Crippen molar-refractivity contribution >= 4 is 50.2 Å². The number of benzene rings is 1. The molecule has 0 bridgehead atoms. The molecule has 7 nitrogen and oxygen atoms in total. The third kappa shape index (κ3) is 4.97. The van der Waals surface area contributed by atoms with Crippen LogP contribution in [0.5, 0.6) is 5.75 Å². The standard InChI is InChI=1S/C20H23N5O2S2/c1-27-15-8-6-14(7-9-15)23-16(26)12-28-19-17-18(21-13-22-19)24-20(29-17)25-10-4-2-3-5-11-25/h6-9,13H,2-5,10-12H2,1H3,(H,23,26). The predicted octanol–water partition coefficient (Wildman–Crippen LogP) is 4.21. The van der Waals surface area contributed by atoms with Gasteiger partial charge in [-0.2, -0.15) is 4.98 Å². The molecule has 0 spiro atoms. The Balaban J connectivity index is 1.42. The van der Waals surface area contributed by atoms with E-state index in [0.29, 0.717) is 5.65 Å². The Morgan fingerprint density at radius 3 is 2.66 bits per heavy atom. The number of fused-ring (bicyclic) bond motifs is 1. The molecule has 3 aromatic rings. The smallest absolute Gasteiger partial charge is 0.234 e. The van der Waals surface area contributed by atoms with Gasteiger partial charge in [-0.25, -0.2) is 9.97 Å². The summed E-state index contributed by atoms with van der Waals surface area (Å²) in [4.78, 5) is 28.1. The van der Waals surface area contributed by atoms with Crippen molar-refractivity contribution in [1.82, 2.24) is 15.0 Å². The van der Waals surface area contributed by atoms with Crippen LogP contribution in [0.15, 0.2) is 35.6 Å². The number of anilines is 2. The Hall–Kier alpha value is -2.39. The first-order chi connectivity index (χ1) is 14.2. The minimum atomic E-state index is -0.0795. The number of thioether (sulfide) groups is 1. The highest BCUT2D eigenvalue weighted by molar-refractivity contribution is 8.00. The van der Waals surface area contributed by atoms with E-state index in [-0.39, 0.29) is 11.7 Å². The molecule has 1 aliphatic heterocycles. The lowest BCUT2D eigenvalue weighted by Gasteiger charge is -2.18. The van der Waals surface area contributed by atoms with Crippen molar-refractivity contribution in [2.45, 2.75) is 30.7 Å². The number of carbonyl (C=O) groups is 1. The summed E-state index contributed by atoms with van der Waals surface area (Å²) in [6.07, 6.45) is 6.50. The van der Waals surface area contributed by atoms with E-state index in [2.05, 4.69) is 20.2 Å². The number of hydrogen-bond acceptors (Lipinski definition) is 8. The average Bonchev–Trinajstić information content (AvgIpc) is 3.00. The fourth-order valence-corrected chi connectivity index (χ4v) is 5.17. The molecular formula is C20H23N5O2S2. The fraction of sp³-hybridized carbons (Fsp3) is 0.400. The van der Waals surface area contributed by atoms with Crippen LogP contribution in [-0.4, -0.2) is 46.8 Å². The summed E-state index contributed by atoms with van der Waals surface area (Å²) in [5, 5.41) is 4.71. The van der Waals surface area contributed by atoms with Gasteiger partial charge in [-0.1, -0.05) is 35.9 Å². The normalized spacial score (nSPS) is 14.6. The monoisotopic (exact) mass is 429 g/mol. The van der Waals surface area contributed by atoms with E-state index >= 15 is 0 Å². The minimum absolute atomic E-state index is 0.0795. The topological polar surface area (TPSA) is 80.2 Å². The van der Waals surface area contributed by atoms with Crippen LogP contribution in [-0.2, 0) is 4.79 Å². The lowest BCUT2D eigenvalue weighted by atomic mass is 10.2. The third-order valence-electron chi connectivity index (χ3n) is 4.74. The number of hydrogen-bond donors (Lipinski definition) is 1. The molecule has 0 aliphatic carbocycles. The van der Waals surface area contributed by atoms with Crippen LogP contribution in [0, 0.1) is 0 Å². The molecule has 29 heavy (non-hydrogen) atoms. The number of nitrogens with zero attached hydrogens (tertiary/aromatic N) is 4. The molecule has 3 heterocycles. The van der Waals surface area contributed by atoms with Crippen LogP contribution in [0.1, 0.15) is 25.7 Å². The molecule has 0 saturated carbocycles. The zero-order chi connectivity index (χ0) is 20.1. The van der Waals surface area contributed by atoms with Gasteiger partial charge >= 0.3 is 0 Å². The van der Waals surface area contributed by atoms with E-state index in [1.54, 1.807) is 18.4 Å². The molecule has 0 unspecified atom stereocenters. The SMILES string of the molecule is COc1ccc(NC(=O)CSc2ncnc3nc(N4CCCCCC4)sc23)cc1. The summed E-state index contributed by atoms with van der Waals surface area (Å²) >= 11 is 3.04. The van der Waals surface area contributed by atoms with Crippen molar-refractivity contribution in [1.29, 1.82) is 0 Å². The van der Waals surface area contributed by atoms with Crippen LogP contribution < -0.4 is 15.0 Å². The summed E-state index contributed by atoms with van der Waals surface area (Å²) in [5.41, 5.74) is 1.45. The fourth-order valence-electron chi connectivity index (χ4n) is 3.23. The van der Waals surface area contributed by atoms with Gasteiger partial charge in [0, 0.05) is 18.8 Å². The van der Waals surface area contributed by atoms with Crippen molar-refractivity contribution in [2.75, 3.05) is 36.2 Å². The number of rotatable bonds is 6. The summed E-state index contributed by atoms with van der Waals surface area (Å²) in [7, 11) is 1.62. The van der Waals surface area contributed by atoms with Gasteiger partial charge in [0.1, 0.15) is 21.8 Å². The second kappa shape index (κ2) is 9.41. The first-order valence-electron chi connectivity index (χ1n) is 9.66. The molecule has 1 amide bonds. The van der Waals surface area contributed by atoms with Crippen LogP contribution in [0.25, 0.3) is 10.3 Å². The average molecular weight is 430 g/mol.